The third-order valence-electron chi connectivity index (χ3n) is 15.8. The molecule has 15 rings (SSSR count). The lowest BCUT2D eigenvalue weighted by Crippen LogP contribution is -2.25. The molecule has 76 heavy (non-hydrogen) atoms. The van der Waals surface area contributed by atoms with Crippen molar-refractivity contribution in [2.45, 2.75) is 12.3 Å². The highest BCUT2D eigenvalue weighted by Gasteiger charge is 2.52. The number of nitrogens with zero attached hydrogens (tertiary/aromatic N) is 4. The first kappa shape index (κ1) is 43.6. The summed E-state index contributed by atoms with van der Waals surface area (Å²) in [4.78, 5) is 14.9. The monoisotopic (exact) mass is 970 g/mol. The first-order valence-corrected chi connectivity index (χ1v) is 25.9. The normalized spacial score (nSPS) is 13.2. The number of fused-ring (bicyclic) bond motifs is 16. The molecule has 1 spiro atoms. The molecule has 356 valence electrons. The van der Waals surface area contributed by atoms with Gasteiger partial charge in [0.15, 0.2) is 17.5 Å². The SMILES string of the molecule is C=C/C=C\C=C(/C)n1c2ccc(-c3ccc4oc5cc(-c6nc(-c7ccccc7)nc(-c7ccccc7)n6)ccc5c4c3)cc2c2cc(-c3cccc4c3-c3ccccc3C43c4ccccc4-c4ccccc43)ccc21. The Bertz CT molecular complexity index is 4510. The van der Waals surface area contributed by atoms with Crippen LogP contribution in [-0.4, -0.2) is 19.5 Å². The summed E-state index contributed by atoms with van der Waals surface area (Å²) in [6, 6.07) is 81.0. The zero-order valence-electron chi connectivity index (χ0n) is 41.6. The second kappa shape index (κ2) is 17.1. The van der Waals surface area contributed by atoms with Crippen LogP contribution in [0.15, 0.2) is 260 Å². The van der Waals surface area contributed by atoms with Gasteiger partial charge in [0, 0.05) is 43.9 Å². The fourth-order valence-electron chi connectivity index (χ4n) is 12.5. The van der Waals surface area contributed by atoms with Crippen molar-refractivity contribution in [2.24, 2.45) is 0 Å². The van der Waals surface area contributed by atoms with Crippen LogP contribution in [0.1, 0.15) is 29.2 Å². The van der Waals surface area contributed by atoms with Crippen molar-refractivity contribution in [1.29, 1.82) is 0 Å². The maximum Gasteiger partial charge on any atom is 0.164 e. The van der Waals surface area contributed by atoms with Crippen molar-refractivity contribution in [3.05, 3.63) is 278 Å². The van der Waals surface area contributed by atoms with Crippen molar-refractivity contribution in [3.8, 4) is 78.7 Å². The van der Waals surface area contributed by atoms with Gasteiger partial charge in [-0.2, -0.15) is 0 Å². The average Bonchev–Trinajstić information content (AvgIpc) is 4.40. The van der Waals surface area contributed by atoms with Gasteiger partial charge in [0.25, 0.3) is 0 Å². The Morgan fingerprint density at radius 2 is 0.908 bits per heavy atom. The van der Waals surface area contributed by atoms with Crippen LogP contribution < -0.4 is 0 Å². The molecule has 0 bridgehead atoms. The molecule has 0 amide bonds. The molecule has 0 unspecified atom stereocenters. The molecule has 0 saturated carbocycles. The molecule has 0 atom stereocenters. The highest BCUT2D eigenvalue weighted by Crippen LogP contribution is 2.64. The molecule has 13 aromatic rings. The quantitative estimate of drug-likeness (QED) is 0.142. The number of hydrogen-bond acceptors (Lipinski definition) is 4. The van der Waals surface area contributed by atoms with Crippen LogP contribution in [0.5, 0.6) is 0 Å². The Hall–Kier alpha value is -9.97. The molecule has 2 aliphatic carbocycles. The maximum atomic E-state index is 6.61. The summed E-state index contributed by atoms with van der Waals surface area (Å²) < 4.78 is 9.00. The zero-order valence-corrected chi connectivity index (χ0v) is 41.6. The third kappa shape index (κ3) is 6.49. The second-order valence-electron chi connectivity index (χ2n) is 19.9. The third-order valence-corrected chi connectivity index (χ3v) is 15.8. The lowest BCUT2D eigenvalue weighted by molar-refractivity contribution is 0.669. The molecule has 5 heteroatoms. The maximum absolute atomic E-state index is 6.61. The number of benzene rings is 10. The lowest BCUT2D eigenvalue weighted by atomic mass is 9.70. The lowest BCUT2D eigenvalue weighted by Gasteiger charge is -2.30. The standard InChI is InChI=1S/C71H46N4O/c1-3-4-7-19-44(2)75-63-37-33-47(48-35-39-65-58(41-48)54-36-32-50(43-66(54)76-65)70-73-68(45-20-8-5-9-21-45)72-69(74-70)46-22-10-6-11-23-46)40-56(63)57-42-49(34-38-64(57)75)51-27-18-31-62-67(51)55-26-14-17-30-61(55)71(62)59-28-15-12-24-52(59)53-25-13-16-29-60(53)71/h3-43H,1H2,2H3/b7-4-,44-19+. The van der Waals surface area contributed by atoms with E-state index in [0.29, 0.717) is 17.5 Å². The van der Waals surface area contributed by atoms with Gasteiger partial charge >= 0.3 is 0 Å². The molecule has 0 saturated heterocycles. The largest absolute Gasteiger partial charge is 0.456 e. The van der Waals surface area contributed by atoms with Gasteiger partial charge in [-0.1, -0.05) is 201 Å². The smallest absolute Gasteiger partial charge is 0.164 e. The first-order chi connectivity index (χ1) is 37.5. The van der Waals surface area contributed by atoms with Crippen LogP contribution in [-0.2, 0) is 5.41 Å². The van der Waals surface area contributed by atoms with E-state index in [2.05, 4.69) is 194 Å². The Balaban J connectivity index is 0.868. The summed E-state index contributed by atoms with van der Waals surface area (Å²) in [6.07, 6.45) is 8.01. The van der Waals surface area contributed by atoms with Crippen molar-refractivity contribution >= 4 is 49.4 Å². The number of rotatable bonds is 8. The first-order valence-electron chi connectivity index (χ1n) is 25.9. The predicted octanol–water partition coefficient (Wildman–Crippen LogP) is 18.2. The highest BCUT2D eigenvalue weighted by molar-refractivity contribution is 6.14. The van der Waals surface area contributed by atoms with E-state index in [4.69, 9.17) is 19.4 Å². The summed E-state index contributed by atoms with van der Waals surface area (Å²) in [5.74, 6) is 1.83. The van der Waals surface area contributed by atoms with Crippen LogP contribution in [0.4, 0.5) is 0 Å². The minimum atomic E-state index is -0.415. The number of hydrogen-bond donors (Lipinski definition) is 0. The fourth-order valence-corrected chi connectivity index (χ4v) is 12.5. The summed E-state index contributed by atoms with van der Waals surface area (Å²) in [5, 5.41) is 4.45. The number of aromatic nitrogens is 4. The Labute approximate surface area is 439 Å². The van der Waals surface area contributed by atoms with E-state index in [9.17, 15) is 0 Å². The summed E-state index contributed by atoms with van der Waals surface area (Å²) >= 11 is 0. The van der Waals surface area contributed by atoms with Gasteiger partial charge in [0.2, 0.25) is 0 Å². The van der Waals surface area contributed by atoms with E-state index in [1.165, 1.54) is 66.4 Å². The predicted molar refractivity (Wildman–Crippen MR) is 313 cm³/mol. The van der Waals surface area contributed by atoms with Gasteiger partial charge in [-0.25, -0.2) is 15.0 Å². The molecule has 2 aliphatic rings. The van der Waals surface area contributed by atoms with Gasteiger partial charge in [-0.15, -0.1) is 0 Å². The van der Waals surface area contributed by atoms with Crippen molar-refractivity contribution < 1.29 is 4.42 Å². The Morgan fingerprint density at radius 1 is 0.408 bits per heavy atom. The van der Waals surface area contributed by atoms with E-state index in [1.807, 2.05) is 72.8 Å². The van der Waals surface area contributed by atoms with E-state index in [-0.39, 0.29) is 0 Å². The summed E-state index contributed by atoms with van der Waals surface area (Å²) in [5.41, 5.74) is 22.5. The van der Waals surface area contributed by atoms with Crippen molar-refractivity contribution in [3.63, 3.8) is 0 Å². The fraction of sp³-hybridized carbons (Fsp3) is 0.0282. The van der Waals surface area contributed by atoms with Crippen LogP contribution >= 0.6 is 0 Å². The molecule has 0 aliphatic heterocycles. The summed E-state index contributed by atoms with van der Waals surface area (Å²) in [6.45, 7) is 6.10. The number of furan rings is 1. The van der Waals surface area contributed by atoms with Gasteiger partial charge in [-0.05, 0) is 128 Å². The molecule has 10 aromatic carbocycles. The second-order valence-corrected chi connectivity index (χ2v) is 19.9. The van der Waals surface area contributed by atoms with Crippen LogP contribution in [0, 0.1) is 0 Å². The molecule has 0 radical (unpaired) electrons. The summed E-state index contributed by atoms with van der Waals surface area (Å²) in [7, 11) is 0. The minimum Gasteiger partial charge on any atom is -0.456 e. The number of allylic oxidation sites excluding steroid dienone is 5. The zero-order chi connectivity index (χ0) is 50.5. The van der Waals surface area contributed by atoms with E-state index >= 15 is 0 Å². The van der Waals surface area contributed by atoms with Crippen LogP contribution in [0.3, 0.4) is 0 Å². The molecule has 0 N–H and O–H groups in total. The van der Waals surface area contributed by atoms with Crippen molar-refractivity contribution in [2.75, 3.05) is 0 Å². The van der Waals surface area contributed by atoms with E-state index in [1.54, 1.807) is 0 Å². The molecule has 0 fully saturated rings. The Kier molecular flexibility index (Phi) is 9.78. The van der Waals surface area contributed by atoms with Gasteiger partial charge in [-0.3, -0.25) is 0 Å². The average molecular weight is 971 g/mol. The topological polar surface area (TPSA) is 56.7 Å². The molecular weight excluding hydrogens is 925 g/mol. The highest BCUT2D eigenvalue weighted by atomic mass is 16.3. The molecule has 3 aromatic heterocycles. The van der Waals surface area contributed by atoms with E-state index < -0.39 is 5.41 Å². The van der Waals surface area contributed by atoms with Crippen LogP contribution in [0.25, 0.3) is 128 Å². The van der Waals surface area contributed by atoms with Gasteiger partial charge in [0.05, 0.1) is 16.4 Å². The molecule has 3 heterocycles. The minimum absolute atomic E-state index is 0.415. The van der Waals surface area contributed by atoms with E-state index in [0.717, 1.165) is 66.5 Å². The molecule has 5 nitrogen and oxygen atoms in total. The van der Waals surface area contributed by atoms with Crippen LogP contribution in [0.2, 0.25) is 0 Å². The van der Waals surface area contributed by atoms with Gasteiger partial charge in [0.1, 0.15) is 11.2 Å². The van der Waals surface area contributed by atoms with Crippen molar-refractivity contribution in [1.82, 2.24) is 19.5 Å². The van der Waals surface area contributed by atoms with Gasteiger partial charge < -0.3 is 8.98 Å². The Morgan fingerprint density at radius 3 is 1.55 bits per heavy atom. The molecular formula is C71H46N4O.